The lowest BCUT2D eigenvalue weighted by molar-refractivity contribution is -0.140. The molecule has 0 aliphatic carbocycles. The smallest absolute Gasteiger partial charge is 0.322 e. The molecule has 2 atom stereocenters. The van der Waals surface area contributed by atoms with Crippen LogP contribution in [0.15, 0.2) is 24.3 Å². The zero-order valence-corrected chi connectivity index (χ0v) is 9.84. The average molecular weight is 222 g/mol. The van der Waals surface area contributed by atoms with Crippen LogP contribution in [0.3, 0.4) is 0 Å². The quantitative estimate of drug-likeness (QED) is 0.798. The molecular formula is C12H18N2O2. The summed E-state index contributed by atoms with van der Waals surface area (Å²) < 4.78 is 0. The van der Waals surface area contributed by atoms with Crippen molar-refractivity contribution in [2.45, 2.75) is 19.0 Å². The Morgan fingerprint density at radius 2 is 1.81 bits per heavy atom. The molecule has 0 saturated carbocycles. The summed E-state index contributed by atoms with van der Waals surface area (Å²) in [7, 11) is 3.65. The molecule has 0 amide bonds. The van der Waals surface area contributed by atoms with Gasteiger partial charge in [0.1, 0.15) is 6.04 Å². The number of aryl methyl sites for hydroxylation is 1. The number of carbonyl (C=O) groups is 1. The zero-order chi connectivity index (χ0) is 12.3. The molecule has 0 aliphatic rings. The Morgan fingerprint density at radius 1 is 1.31 bits per heavy atom. The molecule has 0 fully saturated rings. The summed E-state index contributed by atoms with van der Waals surface area (Å²) in [5, 5.41) is 8.97. The van der Waals surface area contributed by atoms with Gasteiger partial charge in [0.25, 0.3) is 0 Å². The molecule has 2 unspecified atom stereocenters. The Hall–Kier alpha value is -1.39. The summed E-state index contributed by atoms with van der Waals surface area (Å²) in [5.74, 6) is -0.987. The number of aliphatic carboxylic acids is 1. The third kappa shape index (κ3) is 2.81. The summed E-state index contributed by atoms with van der Waals surface area (Å²) >= 11 is 0. The molecule has 1 aromatic carbocycles. The van der Waals surface area contributed by atoms with Gasteiger partial charge in [0, 0.05) is 0 Å². The minimum Gasteiger partial charge on any atom is -0.480 e. The van der Waals surface area contributed by atoms with Gasteiger partial charge in [-0.25, -0.2) is 0 Å². The van der Waals surface area contributed by atoms with Crippen molar-refractivity contribution in [3.63, 3.8) is 0 Å². The number of hydrogen-bond donors (Lipinski definition) is 2. The van der Waals surface area contributed by atoms with Gasteiger partial charge in [-0.15, -0.1) is 0 Å². The van der Waals surface area contributed by atoms with Gasteiger partial charge in [-0.2, -0.15) is 0 Å². The molecule has 0 aliphatic heterocycles. The Labute approximate surface area is 95.7 Å². The molecule has 0 radical (unpaired) electrons. The van der Waals surface area contributed by atoms with Crippen LogP contribution in [0, 0.1) is 6.92 Å². The standard InChI is InChI=1S/C12H18N2O2/c1-8-4-6-9(7-5-8)11(14(2)3)10(13)12(15)16/h4-7,10-11H,13H2,1-3H3,(H,15,16). The molecular weight excluding hydrogens is 204 g/mol. The van der Waals surface area contributed by atoms with E-state index in [2.05, 4.69) is 0 Å². The first-order chi connectivity index (χ1) is 7.43. The van der Waals surface area contributed by atoms with Crippen molar-refractivity contribution < 1.29 is 9.90 Å². The number of benzene rings is 1. The predicted octanol–water partition coefficient (Wildman–Crippen LogP) is 1.01. The van der Waals surface area contributed by atoms with E-state index in [-0.39, 0.29) is 6.04 Å². The molecule has 0 bridgehead atoms. The summed E-state index contributed by atoms with van der Waals surface area (Å²) in [4.78, 5) is 12.8. The Bertz CT molecular complexity index is 360. The molecule has 4 nitrogen and oxygen atoms in total. The second-order valence-electron chi connectivity index (χ2n) is 4.18. The molecule has 1 rings (SSSR count). The van der Waals surface area contributed by atoms with E-state index in [1.807, 2.05) is 50.2 Å². The van der Waals surface area contributed by atoms with Crippen molar-refractivity contribution in [3.05, 3.63) is 35.4 Å². The van der Waals surface area contributed by atoms with Crippen molar-refractivity contribution in [2.24, 2.45) is 5.73 Å². The van der Waals surface area contributed by atoms with Crippen LogP contribution < -0.4 is 5.73 Å². The Kier molecular flexibility index (Phi) is 4.04. The van der Waals surface area contributed by atoms with Crippen molar-refractivity contribution in [3.8, 4) is 0 Å². The monoisotopic (exact) mass is 222 g/mol. The molecule has 0 spiro atoms. The number of likely N-dealkylation sites (N-methyl/N-ethyl adjacent to an activating group) is 1. The molecule has 0 saturated heterocycles. The summed E-state index contributed by atoms with van der Waals surface area (Å²) in [6.45, 7) is 1.99. The van der Waals surface area contributed by atoms with Gasteiger partial charge in [0.2, 0.25) is 0 Å². The van der Waals surface area contributed by atoms with Crippen LogP contribution in [0.25, 0.3) is 0 Å². The number of hydrogen-bond acceptors (Lipinski definition) is 3. The largest absolute Gasteiger partial charge is 0.480 e. The van der Waals surface area contributed by atoms with E-state index < -0.39 is 12.0 Å². The number of carboxylic acids is 1. The number of carboxylic acid groups (broad SMARTS) is 1. The van der Waals surface area contributed by atoms with Crippen molar-refractivity contribution >= 4 is 5.97 Å². The second-order valence-corrected chi connectivity index (χ2v) is 4.18. The highest BCUT2D eigenvalue weighted by Gasteiger charge is 2.27. The lowest BCUT2D eigenvalue weighted by Gasteiger charge is -2.28. The van der Waals surface area contributed by atoms with Gasteiger partial charge in [0.15, 0.2) is 0 Å². The minimum atomic E-state index is -0.987. The van der Waals surface area contributed by atoms with Crippen LogP contribution in [-0.2, 0) is 4.79 Å². The topological polar surface area (TPSA) is 66.6 Å². The summed E-state index contributed by atoms with van der Waals surface area (Å²) in [5.41, 5.74) is 7.76. The van der Waals surface area contributed by atoms with Crippen LogP contribution in [0.5, 0.6) is 0 Å². The van der Waals surface area contributed by atoms with Crippen LogP contribution in [0.2, 0.25) is 0 Å². The maximum atomic E-state index is 10.9. The van der Waals surface area contributed by atoms with E-state index in [0.717, 1.165) is 11.1 Å². The average Bonchev–Trinajstić information content (AvgIpc) is 2.20. The highest BCUT2D eigenvalue weighted by atomic mass is 16.4. The van der Waals surface area contributed by atoms with Gasteiger partial charge in [-0.3, -0.25) is 4.79 Å². The first kappa shape index (κ1) is 12.7. The second kappa shape index (κ2) is 5.09. The maximum absolute atomic E-state index is 10.9. The lowest BCUT2D eigenvalue weighted by atomic mass is 9.98. The van der Waals surface area contributed by atoms with Crippen LogP contribution >= 0.6 is 0 Å². The van der Waals surface area contributed by atoms with E-state index in [0.29, 0.717) is 0 Å². The fourth-order valence-corrected chi connectivity index (χ4v) is 1.73. The highest BCUT2D eigenvalue weighted by Crippen LogP contribution is 2.21. The van der Waals surface area contributed by atoms with Crippen LogP contribution in [-0.4, -0.2) is 36.1 Å². The summed E-state index contributed by atoms with van der Waals surface area (Å²) in [6, 6.07) is 6.53. The van der Waals surface area contributed by atoms with Crippen LogP contribution in [0.4, 0.5) is 0 Å². The lowest BCUT2D eigenvalue weighted by Crippen LogP contribution is -2.43. The van der Waals surface area contributed by atoms with Crippen LogP contribution in [0.1, 0.15) is 17.2 Å². The first-order valence-corrected chi connectivity index (χ1v) is 5.15. The van der Waals surface area contributed by atoms with Crippen molar-refractivity contribution in [1.82, 2.24) is 4.90 Å². The number of rotatable bonds is 4. The van der Waals surface area contributed by atoms with Gasteiger partial charge in [-0.1, -0.05) is 29.8 Å². The first-order valence-electron chi connectivity index (χ1n) is 5.15. The third-order valence-electron chi connectivity index (χ3n) is 2.60. The molecule has 0 aromatic heterocycles. The maximum Gasteiger partial charge on any atom is 0.322 e. The van der Waals surface area contributed by atoms with Gasteiger partial charge in [-0.05, 0) is 26.6 Å². The normalized spacial score (nSPS) is 14.8. The summed E-state index contributed by atoms with van der Waals surface area (Å²) in [6.07, 6.45) is 0. The Morgan fingerprint density at radius 3 is 2.19 bits per heavy atom. The van der Waals surface area contributed by atoms with Gasteiger partial charge < -0.3 is 15.7 Å². The highest BCUT2D eigenvalue weighted by molar-refractivity contribution is 5.74. The van der Waals surface area contributed by atoms with E-state index in [9.17, 15) is 4.79 Å². The van der Waals surface area contributed by atoms with E-state index in [4.69, 9.17) is 10.8 Å². The number of nitrogens with two attached hydrogens (primary N) is 1. The third-order valence-corrected chi connectivity index (χ3v) is 2.60. The fourth-order valence-electron chi connectivity index (χ4n) is 1.73. The van der Waals surface area contributed by atoms with Gasteiger partial charge >= 0.3 is 5.97 Å². The fraction of sp³-hybridized carbons (Fsp3) is 0.417. The SMILES string of the molecule is Cc1ccc(C(C(N)C(=O)O)N(C)C)cc1. The van der Waals surface area contributed by atoms with Crippen molar-refractivity contribution in [1.29, 1.82) is 0 Å². The molecule has 3 N–H and O–H groups in total. The number of nitrogens with zero attached hydrogens (tertiary/aromatic N) is 1. The Balaban J connectivity index is 3.03. The predicted molar refractivity (Wildman–Crippen MR) is 63.2 cm³/mol. The molecule has 88 valence electrons. The zero-order valence-electron chi connectivity index (χ0n) is 9.84. The van der Waals surface area contributed by atoms with E-state index in [1.54, 1.807) is 0 Å². The molecule has 0 heterocycles. The minimum absolute atomic E-state index is 0.307. The van der Waals surface area contributed by atoms with E-state index >= 15 is 0 Å². The molecule has 4 heteroatoms. The van der Waals surface area contributed by atoms with Gasteiger partial charge in [0.05, 0.1) is 6.04 Å². The van der Waals surface area contributed by atoms with E-state index in [1.165, 1.54) is 0 Å². The van der Waals surface area contributed by atoms with Crippen molar-refractivity contribution in [2.75, 3.05) is 14.1 Å². The molecule has 1 aromatic rings. The molecule has 16 heavy (non-hydrogen) atoms.